The lowest BCUT2D eigenvalue weighted by Crippen LogP contribution is -2.15. The third kappa shape index (κ3) is 28.0. The zero-order valence-electron chi connectivity index (χ0n) is 22.6. The minimum Gasteiger partial charge on any atom is -0.463 e. The molecular formula is C26H42O13. The summed E-state index contributed by atoms with van der Waals surface area (Å²) in [5.74, 6) is -1.80. The number of esters is 4. The van der Waals surface area contributed by atoms with Crippen LogP contribution in [0.2, 0.25) is 0 Å². The Balaban J connectivity index is 3.23. The maximum absolute atomic E-state index is 11.5. The molecule has 0 aromatic carbocycles. The highest BCUT2D eigenvalue weighted by Gasteiger charge is 2.05. The molecule has 224 valence electrons. The van der Waals surface area contributed by atoms with Crippen molar-refractivity contribution in [1.29, 1.82) is 0 Å². The molecule has 0 aliphatic carbocycles. The van der Waals surface area contributed by atoms with Gasteiger partial charge >= 0.3 is 23.9 Å². The molecule has 13 nitrogen and oxygen atoms in total. The number of hydrogen-bond donors (Lipinski definition) is 0. The largest absolute Gasteiger partial charge is 0.463 e. The van der Waals surface area contributed by atoms with Gasteiger partial charge in [0.25, 0.3) is 0 Å². The Kier molecular flexibility index (Phi) is 26.1. The Labute approximate surface area is 229 Å². The van der Waals surface area contributed by atoms with Crippen LogP contribution in [-0.4, -0.2) is 116 Å². The maximum Gasteiger partial charge on any atom is 0.330 e. The first-order chi connectivity index (χ1) is 19.0. The van der Waals surface area contributed by atoms with E-state index in [0.717, 1.165) is 12.2 Å². The molecule has 0 aromatic heterocycles. The molecule has 0 unspecified atom stereocenters. The molecule has 0 bridgehead atoms. The van der Waals surface area contributed by atoms with E-state index in [-0.39, 0.29) is 64.4 Å². The van der Waals surface area contributed by atoms with Crippen LogP contribution in [0.15, 0.2) is 25.3 Å². The van der Waals surface area contributed by atoms with Gasteiger partial charge in [-0.15, -0.1) is 0 Å². The lowest BCUT2D eigenvalue weighted by atomic mass is 10.3. The second-order valence-electron chi connectivity index (χ2n) is 7.45. The summed E-state index contributed by atoms with van der Waals surface area (Å²) in [4.78, 5) is 44.7. The maximum atomic E-state index is 11.5. The first-order valence-corrected chi connectivity index (χ1v) is 12.8. The quantitative estimate of drug-likeness (QED) is 0.0581. The van der Waals surface area contributed by atoms with Crippen molar-refractivity contribution >= 4 is 23.9 Å². The molecule has 0 aliphatic rings. The molecule has 0 heterocycles. The summed E-state index contributed by atoms with van der Waals surface area (Å²) in [6, 6.07) is 0. The lowest BCUT2D eigenvalue weighted by molar-refractivity contribution is -0.147. The van der Waals surface area contributed by atoms with Crippen molar-refractivity contribution in [2.45, 2.75) is 25.7 Å². The first-order valence-electron chi connectivity index (χ1n) is 12.8. The fourth-order valence-corrected chi connectivity index (χ4v) is 2.45. The summed E-state index contributed by atoms with van der Waals surface area (Å²) in [5.41, 5.74) is 0. The first kappa shape index (κ1) is 36.2. The molecule has 0 atom stereocenters. The average Bonchev–Trinajstić information content (AvgIpc) is 2.94. The second kappa shape index (κ2) is 28.2. The van der Waals surface area contributed by atoms with E-state index < -0.39 is 11.9 Å². The second-order valence-corrected chi connectivity index (χ2v) is 7.45. The fraction of sp³-hybridized carbons (Fsp3) is 0.692. The fourth-order valence-electron chi connectivity index (χ4n) is 2.45. The van der Waals surface area contributed by atoms with Crippen LogP contribution in [0, 0.1) is 0 Å². The van der Waals surface area contributed by atoms with Crippen LogP contribution in [-0.2, 0) is 61.8 Å². The standard InChI is InChI=1S/C26H42O13/c1-3-23(27)36-9-5-7-25(29)38-21-19-34-17-15-32-13-11-31-12-14-33-16-18-35-20-22-39-26(30)8-6-10-37-24(28)4-2/h3-4H,1-2,5-22H2. The lowest BCUT2D eigenvalue weighted by Gasteiger charge is -2.08. The molecule has 0 N–H and O–H groups in total. The van der Waals surface area contributed by atoms with Crippen molar-refractivity contribution in [1.82, 2.24) is 0 Å². The number of carbonyl (C=O) groups is 4. The van der Waals surface area contributed by atoms with E-state index in [1.54, 1.807) is 0 Å². The zero-order chi connectivity index (χ0) is 28.8. The van der Waals surface area contributed by atoms with Crippen LogP contribution >= 0.6 is 0 Å². The summed E-state index contributed by atoms with van der Waals surface area (Å²) in [5, 5.41) is 0. The van der Waals surface area contributed by atoms with Gasteiger partial charge in [0.15, 0.2) is 0 Å². The predicted octanol–water partition coefficient (Wildman–Crippen LogP) is 1.17. The van der Waals surface area contributed by atoms with Gasteiger partial charge in [0, 0.05) is 25.0 Å². The number of carbonyl (C=O) groups excluding carboxylic acids is 4. The van der Waals surface area contributed by atoms with E-state index in [2.05, 4.69) is 13.2 Å². The molecule has 0 saturated heterocycles. The summed E-state index contributed by atoms with van der Waals surface area (Å²) < 4.78 is 46.3. The summed E-state index contributed by atoms with van der Waals surface area (Å²) in [6.07, 6.45) is 3.22. The van der Waals surface area contributed by atoms with Crippen LogP contribution in [0.4, 0.5) is 0 Å². The Morgan fingerprint density at radius 2 is 0.692 bits per heavy atom. The molecule has 0 rings (SSSR count). The van der Waals surface area contributed by atoms with E-state index in [0.29, 0.717) is 65.7 Å². The van der Waals surface area contributed by atoms with Crippen molar-refractivity contribution in [3.63, 3.8) is 0 Å². The number of ether oxygens (including phenoxy) is 9. The Bertz CT molecular complexity index is 625. The normalized spacial score (nSPS) is 10.5. The van der Waals surface area contributed by atoms with Crippen LogP contribution in [0.3, 0.4) is 0 Å². The van der Waals surface area contributed by atoms with Crippen LogP contribution < -0.4 is 0 Å². The summed E-state index contributed by atoms with van der Waals surface area (Å²) in [7, 11) is 0. The van der Waals surface area contributed by atoms with Gasteiger partial charge in [0.2, 0.25) is 0 Å². The average molecular weight is 563 g/mol. The van der Waals surface area contributed by atoms with Gasteiger partial charge < -0.3 is 42.6 Å². The number of rotatable bonds is 28. The molecular weight excluding hydrogens is 520 g/mol. The molecule has 0 saturated carbocycles. The van der Waals surface area contributed by atoms with E-state index in [1.165, 1.54) is 0 Å². The van der Waals surface area contributed by atoms with E-state index in [9.17, 15) is 19.2 Å². The highest BCUT2D eigenvalue weighted by Crippen LogP contribution is 1.96. The molecule has 0 spiro atoms. The van der Waals surface area contributed by atoms with Gasteiger partial charge in [0.1, 0.15) is 13.2 Å². The summed E-state index contributed by atoms with van der Waals surface area (Å²) in [6.45, 7) is 10.8. The van der Waals surface area contributed by atoms with E-state index in [4.69, 9.17) is 42.6 Å². The Morgan fingerprint density at radius 1 is 0.410 bits per heavy atom. The third-order valence-electron chi connectivity index (χ3n) is 4.34. The van der Waals surface area contributed by atoms with E-state index >= 15 is 0 Å². The van der Waals surface area contributed by atoms with Crippen molar-refractivity contribution < 1.29 is 61.8 Å². The van der Waals surface area contributed by atoms with E-state index in [1.807, 2.05) is 0 Å². The van der Waals surface area contributed by atoms with Crippen molar-refractivity contribution in [2.75, 3.05) is 92.5 Å². The molecule has 0 radical (unpaired) electrons. The Hall–Kier alpha value is -2.84. The monoisotopic (exact) mass is 562 g/mol. The molecule has 0 amide bonds. The smallest absolute Gasteiger partial charge is 0.330 e. The molecule has 0 aliphatic heterocycles. The van der Waals surface area contributed by atoms with Crippen molar-refractivity contribution in [2.24, 2.45) is 0 Å². The van der Waals surface area contributed by atoms with Gasteiger partial charge in [-0.2, -0.15) is 0 Å². The Morgan fingerprint density at radius 3 is 0.974 bits per heavy atom. The third-order valence-corrected chi connectivity index (χ3v) is 4.34. The molecule has 39 heavy (non-hydrogen) atoms. The summed E-state index contributed by atoms with van der Waals surface area (Å²) >= 11 is 0. The predicted molar refractivity (Wildman–Crippen MR) is 137 cm³/mol. The van der Waals surface area contributed by atoms with Crippen LogP contribution in [0.25, 0.3) is 0 Å². The van der Waals surface area contributed by atoms with Gasteiger partial charge in [-0.3, -0.25) is 9.59 Å². The molecule has 13 heteroatoms. The minimum absolute atomic E-state index is 0.142. The SMILES string of the molecule is C=CC(=O)OCCCC(=O)OCCOCCOCCOCCOCCOCCOC(=O)CCCOC(=O)C=C. The zero-order valence-corrected chi connectivity index (χ0v) is 22.6. The highest BCUT2D eigenvalue weighted by atomic mass is 16.6. The van der Waals surface area contributed by atoms with Gasteiger partial charge in [0.05, 0.1) is 79.3 Å². The topological polar surface area (TPSA) is 151 Å². The van der Waals surface area contributed by atoms with Crippen molar-refractivity contribution in [3.8, 4) is 0 Å². The van der Waals surface area contributed by atoms with Gasteiger partial charge in [-0.05, 0) is 12.8 Å². The van der Waals surface area contributed by atoms with Gasteiger partial charge in [-0.25, -0.2) is 9.59 Å². The van der Waals surface area contributed by atoms with Crippen LogP contribution in [0.1, 0.15) is 25.7 Å². The molecule has 0 fully saturated rings. The molecule has 0 aromatic rings. The van der Waals surface area contributed by atoms with Crippen LogP contribution in [0.5, 0.6) is 0 Å². The van der Waals surface area contributed by atoms with Crippen molar-refractivity contribution in [3.05, 3.63) is 25.3 Å². The highest BCUT2D eigenvalue weighted by molar-refractivity contribution is 5.81. The minimum atomic E-state index is -0.519. The number of hydrogen-bond acceptors (Lipinski definition) is 13. The van der Waals surface area contributed by atoms with Gasteiger partial charge in [-0.1, -0.05) is 13.2 Å².